The predicted octanol–water partition coefficient (Wildman–Crippen LogP) is 3.12. The quantitative estimate of drug-likeness (QED) is 0.649. The maximum atomic E-state index is 12.7. The van der Waals surface area contributed by atoms with Gasteiger partial charge in [0, 0.05) is 11.8 Å². The molecule has 0 aliphatic heterocycles. The molecule has 0 amide bonds. The summed E-state index contributed by atoms with van der Waals surface area (Å²) in [7, 11) is 0. The first-order chi connectivity index (χ1) is 8.52. The van der Waals surface area contributed by atoms with Gasteiger partial charge in [-0.05, 0) is 26.0 Å². The van der Waals surface area contributed by atoms with Gasteiger partial charge in [-0.3, -0.25) is 0 Å². The standard InChI is InChI=1S/C13H15F2NO2/c1-3-18-12(17)8-11(13(14)15)16-10-6-4-9(2)5-7-10/h4-8,13,16H,3H2,1-2H3/b11-8+. The zero-order chi connectivity index (χ0) is 13.5. The van der Waals surface area contributed by atoms with Gasteiger partial charge in [-0.25, -0.2) is 13.6 Å². The topological polar surface area (TPSA) is 38.3 Å². The van der Waals surface area contributed by atoms with Gasteiger partial charge in [0.1, 0.15) is 0 Å². The van der Waals surface area contributed by atoms with E-state index in [4.69, 9.17) is 0 Å². The van der Waals surface area contributed by atoms with Gasteiger partial charge >= 0.3 is 5.97 Å². The Bertz CT molecular complexity index is 427. The monoisotopic (exact) mass is 255 g/mol. The third-order valence-corrected chi connectivity index (χ3v) is 2.14. The Morgan fingerprint density at radius 3 is 2.50 bits per heavy atom. The fraction of sp³-hybridized carbons (Fsp3) is 0.308. The van der Waals surface area contributed by atoms with Crippen molar-refractivity contribution in [2.45, 2.75) is 20.3 Å². The number of alkyl halides is 2. The zero-order valence-electron chi connectivity index (χ0n) is 10.2. The minimum atomic E-state index is -2.77. The second kappa shape index (κ2) is 6.74. The van der Waals surface area contributed by atoms with Gasteiger partial charge < -0.3 is 10.1 Å². The first kappa shape index (κ1) is 14.2. The first-order valence-electron chi connectivity index (χ1n) is 5.53. The van der Waals surface area contributed by atoms with Crippen LogP contribution in [0.4, 0.5) is 14.5 Å². The molecule has 0 radical (unpaired) electrons. The number of carbonyl (C=O) groups excluding carboxylic acids is 1. The van der Waals surface area contributed by atoms with Crippen molar-refractivity contribution >= 4 is 11.7 Å². The molecule has 1 aromatic carbocycles. The van der Waals surface area contributed by atoms with Crippen LogP contribution in [0.5, 0.6) is 0 Å². The summed E-state index contributed by atoms with van der Waals surface area (Å²) in [6, 6.07) is 6.90. The fourth-order valence-electron chi connectivity index (χ4n) is 1.27. The molecule has 0 spiro atoms. The number of rotatable bonds is 5. The summed E-state index contributed by atoms with van der Waals surface area (Å²) in [6.45, 7) is 3.66. The Morgan fingerprint density at radius 1 is 1.39 bits per heavy atom. The number of aryl methyl sites for hydroxylation is 1. The smallest absolute Gasteiger partial charge is 0.332 e. The number of esters is 1. The van der Waals surface area contributed by atoms with E-state index in [1.165, 1.54) is 0 Å². The van der Waals surface area contributed by atoms with Gasteiger partial charge in [-0.15, -0.1) is 0 Å². The zero-order valence-corrected chi connectivity index (χ0v) is 10.2. The molecule has 98 valence electrons. The minimum absolute atomic E-state index is 0.149. The van der Waals surface area contributed by atoms with Gasteiger partial charge in [0.05, 0.1) is 12.3 Å². The number of carbonyl (C=O) groups is 1. The van der Waals surface area contributed by atoms with E-state index in [1.54, 1.807) is 31.2 Å². The van der Waals surface area contributed by atoms with Crippen molar-refractivity contribution in [1.29, 1.82) is 0 Å². The van der Waals surface area contributed by atoms with Crippen molar-refractivity contribution in [3.8, 4) is 0 Å². The first-order valence-corrected chi connectivity index (χ1v) is 5.53. The molecule has 0 aliphatic rings. The second-order valence-corrected chi connectivity index (χ2v) is 3.64. The molecule has 0 fully saturated rings. The maximum absolute atomic E-state index is 12.7. The summed E-state index contributed by atoms with van der Waals surface area (Å²) in [6.07, 6.45) is -2.00. The van der Waals surface area contributed by atoms with E-state index in [-0.39, 0.29) is 6.61 Å². The third-order valence-electron chi connectivity index (χ3n) is 2.14. The van der Waals surface area contributed by atoms with Crippen LogP contribution in [0.25, 0.3) is 0 Å². The van der Waals surface area contributed by atoms with Crippen LogP contribution in [0, 0.1) is 6.92 Å². The number of hydrogen-bond acceptors (Lipinski definition) is 3. The summed E-state index contributed by atoms with van der Waals surface area (Å²) >= 11 is 0. The molecular weight excluding hydrogens is 240 g/mol. The van der Waals surface area contributed by atoms with Crippen molar-refractivity contribution in [3.05, 3.63) is 41.6 Å². The van der Waals surface area contributed by atoms with Crippen LogP contribution in [-0.4, -0.2) is 19.0 Å². The Balaban J connectivity index is 2.80. The van der Waals surface area contributed by atoms with Crippen LogP contribution in [0.1, 0.15) is 12.5 Å². The molecule has 0 aliphatic carbocycles. The molecule has 5 heteroatoms. The van der Waals surface area contributed by atoms with Crippen LogP contribution in [0.2, 0.25) is 0 Å². The predicted molar refractivity (Wildman–Crippen MR) is 65.5 cm³/mol. The van der Waals surface area contributed by atoms with Crippen LogP contribution in [0.3, 0.4) is 0 Å². The minimum Gasteiger partial charge on any atom is -0.463 e. The third kappa shape index (κ3) is 4.53. The molecule has 18 heavy (non-hydrogen) atoms. The molecule has 0 unspecified atom stereocenters. The highest BCUT2D eigenvalue weighted by Gasteiger charge is 2.13. The van der Waals surface area contributed by atoms with Gasteiger partial charge in [-0.1, -0.05) is 17.7 Å². The largest absolute Gasteiger partial charge is 0.463 e. The highest BCUT2D eigenvalue weighted by atomic mass is 19.3. The average Bonchev–Trinajstić information content (AvgIpc) is 2.31. The van der Waals surface area contributed by atoms with Crippen LogP contribution < -0.4 is 5.32 Å². The van der Waals surface area contributed by atoms with E-state index in [0.717, 1.165) is 11.6 Å². The van der Waals surface area contributed by atoms with Gasteiger partial charge in [-0.2, -0.15) is 0 Å². The van der Waals surface area contributed by atoms with Gasteiger partial charge in [0.15, 0.2) is 0 Å². The lowest BCUT2D eigenvalue weighted by molar-refractivity contribution is -0.137. The number of nitrogens with one attached hydrogen (secondary N) is 1. The normalized spacial score (nSPS) is 11.5. The van der Waals surface area contributed by atoms with E-state index >= 15 is 0 Å². The van der Waals surface area contributed by atoms with E-state index < -0.39 is 18.1 Å². The van der Waals surface area contributed by atoms with Crippen LogP contribution in [-0.2, 0) is 9.53 Å². The van der Waals surface area contributed by atoms with Gasteiger partial charge in [0.25, 0.3) is 6.43 Å². The maximum Gasteiger partial charge on any atom is 0.332 e. The SMILES string of the molecule is CCOC(=O)/C=C(/Nc1ccc(C)cc1)C(F)F. The molecule has 1 N–H and O–H groups in total. The summed E-state index contributed by atoms with van der Waals surface area (Å²) < 4.78 is 30.0. The molecule has 1 rings (SSSR count). The number of hydrogen-bond donors (Lipinski definition) is 1. The van der Waals surface area contributed by atoms with Crippen molar-refractivity contribution in [1.82, 2.24) is 0 Å². The molecule has 0 heterocycles. The van der Waals surface area contributed by atoms with Crippen molar-refractivity contribution < 1.29 is 18.3 Å². The molecule has 1 aromatic rings. The highest BCUT2D eigenvalue weighted by Crippen LogP contribution is 2.15. The Hall–Kier alpha value is -1.91. The Labute approximate surface area is 104 Å². The number of allylic oxidation sites excluding steroid dienone is 1. The molecule has 0 bridgehead atoms. The lowest BCUT2D eigenvalue weighted by Crippen LogP contribution is -2.12. The van der Waals surface area contributed by atoms with E-state index in [0.29, 0.717) is 5.69 Å². The number of ether oxygens (including phenoxy) is 1. The second-order valence-electron chi connectivity index (χ2n) is 3.64. The molecule has 0 atom stereocenters. The summed E-state index contributed by atoms with van der Waals surface area (Å²) in [5.41, 5.74) is 1.04. The van der Waals surface area contributed by atoms with Crippen LogP contribution in [0.15, 0.2) is 36.0 Å². The Morgan fingerprint density at radius 2 is 2.00 bits per heavy atom. The molecule has 0 saturated carbocycles. The molecule has 0 saturated heterocycles. The van der Waals surface area contributed by atoms with Crippen molar-refractivity contribution in [3.63, 3.8) is 0 Å². The lowest BCUT2D eigenvalue weighted by atomic mass is 10.2. The van der Waals surface area contributed by atoms with E-state index in [1.807, 2.05) is 6.92 Å². The average molecular weight is 255 g/mol. The van der Waals surface area contributed by atoms with Gasteiger partial charge in [0.2, 0.25) is 0 Å². The number of benzene rings is 1. The number of anilines is 1. The lowest BCUT2D eigenvalue weighted by Gasteiger charge is -2.10. The fourth-order valence-corrected chi connectivity index (χ4v) is 1.27. The highest BCUT2D eigenvalue weighted by molar-refractivity contribution is 5.83. The Kier molecular flexibility index (Phi) is 5.30. The molecule has 0 aromatic heterocycles. The molecule has 3 nitrogen and oxygen atoms in total. The summed E-state index contributed by atoms with van der Waals surface area (Å²) in [5, 5.41) is 2.51. The van der Waals surface area contributed by atoms with E-state index in [2.05, 4.69) is 10.1 Å². The number of halogens is 2. The molecular formula is C13H15F2NO2. The van der Waals surface area contributed by atoms with Crippen molar-refractivity contribution in [2.24, 2.45) is 0 Å². The summed E-state index contributed by atoms with van der Waals surface area (Å²) in [5.74, 6) is -0.785. The summed E-state index contributed by atoms with van der Waals surface area (Å²) in [4.78, 5) is 11.1. The van der Waals surface area contributed by atoms with E-state index in [9.17, 15) is 13.6 Å². The van der Waals surface area contributed by atoms with Crippen LogP contribution >= 0.6 is 0 Å². The van der Waals surface area contributed by atoms with Crippen molar-refractivity contribution in [2.75, 3.05) is 11.9 Å².